The van der Waals surface area contributed by atoms with Crippen LogP contribution in [-0.4, -0.2) is 43.4 Å². The normalized spacial score (nSPS) is 17.0. The summed E-state index contributed by atoms with van der Waals surface area (Å²) in [5.41, 5.74) is -0.464. The van der Waals surface area contributed by atoms with E-state index in [0.29, 0.717) is 5.82 Å². The van der Waals surface area contributed by atoms with Gasteiger partial charge in [-0.3, -0.25) is 4.79 Å². The topological polar surface area (TPSA) is 92.9 Å². The van der Waals surface area contributed by atoms with Crippen molar-refractivity contribution in [3.63, 3.8) is 0 Å². The van der Waals surface area contributed by atoms with Gasteiger partial charge in [-0.25, -0.2) is 0 Å². The van der Waals surface area contributed by atoms with E-state index in [1.54, 1.807) is 0 Å². The number of hydrogen-bond acceptors (Lipinski definition) is 6. The summed E-state index contributed by atoms with van der Waals surface area (Å²) in [6.45, 7) is -0.00983. The molecule has 1 aliphatic carbocycles. The van der Waals surface area contributed by atoms with Gasteiger partial charge in [0.15, 0.2) is 0 Å². The van der Waals surface area contributed by atoms with Gasteiger partial charge in [0.1, 0.15) is 6.54 Å². The van der Waals surface area contributed by atoms with Crippen LogP contribution in [0, 0.1) is 0 Å². The second-order valence-corrected chi connectivity index (χ2v) is 6.26. The predicted molar refractivity (Wildman–Crippen MR) is 77.6 cm³/mol. The molecule has 0 aromatic carbocycles. The van der Waals surface area contributed by atoms with Crippen LogP contribution in [0.5, 0.6) is 0 Å². The third-order valence-electron chi connectivity index (χ3n) is 3.75. The van der Waals surface area contributed by atoms with E-state index in [0.717, 1.165) is 30.6 Å². The van der Waals surface area contributed by atoms with Gasteiger partial charge in [0.25, 0.3) is 0 Å². The number of aliphatic hydroxyl groups is 1. The van der Waals surface area contributed by atoms with Crippen LogP contribution < -0.4 is 5.32 Å². The van der Waals surface area contributed by atoms with E-state index in [1.807, 2.05) is 17.5 Å². The zero-order valence-electron chi connectivity index (χ0n) is 11.5. The molecule has 0 bridgehead atoms. The molecule has 0 spiro atoms. The fourth-order valence-corrected chi connectivity index (χ4v) is 3.30. The summed E-state index contributed by atoms with van der Waals surface area (Å²) in [4.78, 5) is 14.3. The average molecular weight is 307 g/mol. The van der Waals surface area contributed by atoms with Crippen LogP contribution in [0.15, 0.2) is 17.5 Å². The lowest BCUT2D eigenvalue weighted by Crippen LogP contribution is -2.50. The lowest BCUT2D eigenvalue weighted by molar-refractivity contribution is -0.124. The Hall–Kier alpha value is -1.80. The number of carbonyl (C=O) groups excluding carboxylic acids is 1. The summed E-state index contributed by atoms with van der Waals surface area (Å²) in [5, 5.41) is 26.4. The number of nitrogens with zero attached hydrogens (tertiary/aromatic N) is 4. The molecule has 2 aromatic rings. The SMILES string of the molecule is O=C(Cn1nnc(-c2cccs2)n1)NC1(CO)CCCC1. The molecule has 2 N–H and O–H groups in total. The third-order valence-corrected chi connectivity index (χ3v) is 4.61. The predicted octanol–water partition coefficient (Wildman–Crippen LogP) is 0.823. The van der Waals surface area contributed by atoms with E-state index < -0.39 is 5.54 Å². The summed E-state index contributed by atoms with van der Waals surface area (Å²) in [5.74, 6) is 0.330. The first-order chi connectivity index (χ1) is 10.2. The Balaban J connectivity index is 1.62. The summed E-state index contributed by atoms with van der Waals surface area (Å²) in [6.07, 6.45) is 3.71. The number of amides is 1. The second kappa shape index (κ2) is 5.90. The molecule has 3 rings (SSSR count). The monoisotopic (exact) mass is 307 g/mol. The van der Waals surface area contributed by atoms with Crippen molar-refractivity contribution in [2.45, 2.75) is 37.8 Å². The molecule has 1 fully saturated rings. The highest BCUT2D eigenvalue weighted by Gasteiger charge is 2.34. The lowest BCUT2D eigenvalue weighted by Gasteiger charge is -2.27. The van der Waals surface area contributed by atoms with E-state index in [4.69, 9.17) is 0 Å². The van der Waals surface area contributed by atoms with Crippen LogP contribution in [0.3, 0.4) is 0 Å². The maximum Gasteiger partial charge on any atom is 0.244 e. The first-order valence-electron chi connectivity index (χ1n) is 6.94. The summed E-state index contributed by atoms with van der Waals surface area (Å²) < 4.78 is 0. The molecule has 0 atom stereocenters. The van der Waals surface area contributed by atoms with E-state index >= 15 is 0 Å². The average Bonchev–Trinajstić information content (AvgIpc) is 3.19. The Morgan fingerprint density at radius 3 is 2.95 bits per heavy atom. The van der Waals surface area contributed by atoms with Gasteiger partial charge in [-0.15, -0.1) is 21.5 Å². The van der Waals surface area contributed by atoms with Gasteiger partial charge < -0.3 is 10.4 Å². The van der Waals surface area contributed by atoms with Crippen LogP contribution in [0.25, 0.3) is 10.7 Å². The van der Waals surface area contributed by atoms with Crippen LogP contribution in [0.1, 0.15) is 25.7 Å². The van der Waals surface area contributed by atoms with Gasteiger partial charge in [0, 0.05) is 0 Å². The molecule has 1 saturated carbocycles. The smallest absolute Gasteiger partial charge is 0.244 e. The molecule has 0 saturated heterocycles. The number of tetrazole rings is 1. The van der Waals surface area contributed by atoms with E-state index in [9.17, 15) is 9.90 Å². The molecule has 8 heteroatoms. The van der Waals surface area contributed by atoms with Crippen molar-refractivity contribution in [2.24, 2.45) is 0 Å². The van der Waals surface area contributed by atoms with Crippen molar-refractivity contribution in [1.82, 2.24) is 25.5 Å². The molecule has 7 nitrogen and oxygen atoms in total. The summed E-state index contributed by atoms with van der Waals surface area (Å²) in [7, 11) is 0. The van der Waals surface area contributed by atoms with Gasteiger partial charge >= 0.3 is 0 Å². The number of thiophene rings is 1. The van der Waals surface area contributed by atoms with Crippen LogP contribution >= 0.6 is 11.3 Å². The second-order valence-electron chi connectivity index (χ2n) is 5.31. The molecule has 2 aromatic heterocycles. The Morgan fingerprint density at radius 2 is 2.29 bits per heavy atom. The van der Waals surface area contributed by atoms with Gasteiger partial charge in [-0.2, -0.15) is 4.80 Å². The molecule has 21 heavy (non-hydrogen) atoms. The van der Waals surface area contributed by atoms with Gasteiger partial charge in [-0.05, 0) is 29.5 Å². The molecule has 0 aliphatic heterocycles. The van der Waals surface area contributed by atoms with Crippen molar-refractivity contribution in [3.05, 3.63) is 17.5 Å². The Kier molecular flexibility index (Phi) is 3.98. The Morgan fingerprint density at radius 1 is 1.48 bits per heavy atom. The van der Waals surface area contributed by atoms with Crippen LogP contribution in [0.2, 0.25) is 0 Å². The molecule has 0 radical (unpaired) electrons. The largest absolute Gasteiger partial charge is 0.394 e. The number of carbonyl (C=O) groups is 1. The van der Waals surface area contributed by atoms with Crippen LogP contribution in [0.4, 0.5) is 0 Å². The van der Waals surface area contributed by atoms with E-state index in [2.05, 4.69) is 20.7 Å². The standard InChI is InChI=1S/C13H17N5O2S/c19-9-13(5-1-2-6-13)14-11(20)8-18-16-12(15-17-18)10-4-3-7-21-10/h3-4,7,19H,1-2,5-6,8-9H2,(H,14,20). The zero-order valence-corrected chi connectivity index (χ0v) is 12.3. The highest BCUT2D eigenvalue weighted by molar-refractivity contribution is 7.13. The summed E-state index contributed by atoms with van der Waals surface area (Å²) >= 11 is 1.53. The molecule has 1 amide bonds. The van der Waals surface area contributed by atoms with E-state index in [-0.39, 0.29) is 19.1 Å². The third kappa shape index (κ3) is 3.11. The zero-order chi connectivity index (χ0) is 14.7. The Bertz CT molecular complexity index is 604. The molecule has 0 unspecified atom stereocenters. The van der Waals surface area contributed by atoms with E-state index in [1.165, 1.54) is 16.1 Å². The van der Waals surface area contributed by atoms with Crippen molar-refractivity contribution in [1.29, 1.82) is 0 Å². The van der Waals surface area contributed by atoms with Crippen molar-refractivity contribution >= 4 is 17.2 Å². The first-order valence-corrected chi connectivity index (χ1v) is 7.82. The number of aromatic nitrogens is 4. The maximum absolute atomic E-state index is 12.1. The summed E-state index contributed by atoms with van der Waals surface area (Å²) in [6, 6.07) is 3.82. The molecule has 1 aliphatic rings. The quantitative estimate of drug-likeness (QED) is 0.853. The highest BCUT2D eigenvalue weighted by atomic mass is 32.1. The minimum atomic E-state index is -0.464. The minimum absolute atomic E-state index is 0.0140. The number of aliphatic hydroxyl groups excluding tert-OH is 1. The number of nitrogens with one attached hydrogen (secondary N) is 1. The maximum atomic E-state index is 12.1. The van der Waals surface area contributed by atoms with Crippen molar-refractivity contribution < 1.29 is 9.90 Å². The minimum Gasteiger partial charge on any atom is -0.394 e. The molecular formula is C13H17N5O2S. The Labute approximate surface area is 126 Å². The van der Waals surface area contributed by atoms with Crippen molar-refractivity contribution in [2.75, 3.05) is 6.61 Å². The molecular weight excluding hydrogens is 290 g/mol. The van der Waals surface area contributed by atoms with Crippen LogP contribution in [-0.2, 0) is 11.3 Å². The van der Waals surface area contributed by atoms with Crippen molar-refractivity contribution in [3.8, 4) is 10.7 Å². The lowest BCUT2D eigenvalue weighted by atomic mass is 9.99. The molecule has 2 heterocycles. The highest BCUT2D eigenvalue weighted by Crippen LogP contribution is 2.29. The molecule has 112 valence electrons. The van der Waals surface area contributed by atoms with Gasteiger partial charge in [0.05, 0.1) is 17.0 Å². The first kappa shape index (κ1) is 14.2. The van der Waals surface area contributed by atoms with Gasteiger partial charge in [0.2, 0.25) is 11.7 Å². The fourth-order valence-electron chi connectivity index (χ4n) is 2.65. The number of hydrogen-bond donors (Lipinski definition) is 2. The fraction of sp³-hybridized carbons (Fsp3) is 0.538. The number of rotatable bonds is 5. The van der Waals surface area contributed by atoms with Gasteiger partial charge in [-0.1, -0.05) is 18.9 Å².